The van der Waals surface area contributed by atoms with E-state index in [1.54, 1.807) is 6.20 Å². The van der Waals surface area contributed by atoms with Crippen LogP contribution in [-0.2, 0) is 6.54 Å². The summed E-state index contributed by atoms with van der Waals surface area (Å²) in [5.74, 6) is 1.70. The maximum atomic E-state index is 5.49. The lowest BCUT2D eigenvalue weighted by atomic mass is 10.3. The molecule has 0 saturated carbocycles. The van der Waals surface area contributed by atoms with Crippen LogP contribution in [0.15, 0.2) is 12.3 Å². The average Bonchev–Trinajstić information content (AvgIpc) is 2.30. The van der Waals surface area contributed by atoms with E-state index in [4.69, 9.17) is 5.73 Å². The number of nitrogens with one attached hydrogen (secondary N) is 1. The van der Waals surface area contributed by atoms with Crippen LogP contribution >= 0.6 is 0 Å². The van der Waals surface area contributed by atoms with Gasteiger partial charge in [0.15, 0.2) is 0 Å². The van der Waals surface area contributed by atoms with Gasteiger partial charge in [0.1, 0.15) is 11.6 Å². The fraction of sp³-hybridized carbons (Fsp3) is 0.556. The zero-order valence-electron chi connectivity index (χ0n) is 8.11. The second kappa shape index (κ2) is 4.34. The second-order valence-electron chi connectivity index (χ2n) is 3.27. The molecule has 2 heterocycles. The van der Waals surface area contributed by atoms with Crippen molar-refractivity contribution in [2.24, 2.45) is 5.73 Å². The molecule has 0 atom stereocenters. The molecule has 1 fully saturated rings. The molecule has 0 aliphatic carbocycles. The summed E-state index contributed by atoms with van der Waals surface area (Å²) in [6.07, 6.45) is 1.77. The normalized spacial score (nSPS) is 17.1. The van der Waals surface area contributed by atoms with Crippen molar-refractivity contribution >= 4 is 5.82 Å². The Hall–Kier alpha value is -1.20. The van der Waals surface area contributed by atoms with Crippen LogP contribution in [-0.4, -0.2) is 36.1 Å². The predicted octanol–water partition coefficient (Wildman–Crippen LogP) is -0.655. The molecule has 3 N–H and O–H groups in total. The highest BCUT2D eigenvalue weighted by molar-refractivity contribution is 5.37. The molecular formula is C9H15N5. The summed E-state index contributed by atoms with van der Waals surface area (Å²) in [5, 5.41) is 3.30. The van der Waals surface area contributed by atoms with Gasteiger partial charge in [-0.3, -0.25) is 0 Å². The van der Waals surface area contributed by atoms with E-state index in [-0.39, 0.29) is 0 Å². The van der Waals surface area contributed by atoms with Gasteiger partial charge in [-0.2, -0.15) is 0 Å². The summed E-state index contributed by atoms with van der Waals surface area (Å²) >= 11 is 0. The van der Waals surface area contributed by atoms with Gasteiger partial charge in [-0.1, -0.05) is 0 Å². The van der Waals surface area contributed by atoms with Crippen molar-refractivity contribution < 1.29 is 0 Å². The van der Waals surface area contributed by atoms with Crippen LogP contribution in [0.4, 0.5) is 5.82 Å². The van der Waals surface area contributed by atoms with Crippen molar-refractivity contribution in [2.45, 2.75) is 6.54 Å². The van der Waals surface area contributed by atoms with Gasteiger partial charge in [0.05, 0.1) is 6.54 Å². The average molecular weight is 193 g/mol. The third kappa shape index (κ3) is 2.00. The van der Waals surface area contributed by atoms with Gasteiger partial charge in [0.25, 0.3) is 0 Å². The Bertz CT molecular complexity index is 295. The zero-order chi connectivity index (χ0) is 9.80. The number of anilines is 1. The van der Waals surface area contributed by atoms with E-state index in [1.807, 2.05) is 6.07 Å². The highest BCUT2D eigenvalue weighted by atomic mass is 15.2. The monoisotopic (exact) mass is 193 g/mol. The standard InChI is InChI=1S/C9H15N5/c10-7-8-12-2-1-9(13-8)14-5-3-11-4-6-14/h1-2,11H,3-7,10H2. The molecular weight excluding hydrogens is 178 g/mol. The summed E-state index contributed by atoms with van der Waals surface area (Å²) in [7, 11) is 0. The predicted molar refractivity (Wildman–Crippen MR) is 55.0 cm³/mol. The quantitative estimate of drug-likeness (QED) is 0.653. The SMILES string of the molecule is NCc1nccc(N2CCNCC2)n1. The van der Waals surface area contributed by atoms with Crippen molar-refractivity contribution in [3.63, 3.8) is 0 Å². The van der Waals surface area contributed by atoms with Gasteiger partial charge in [0, 0.05) is 32.4 Å². The highest BCUT2D eigenvalue weighted by Crippen LogP contribution is 2.09. The number of rotatable bonds is 2. The molecule has 0 aromatic carbocycles. The van der Waals surface area contributed by atoms with Gasteiger partial charge >= 0.3 is 0 Å². The number of aromatic nitrogens is 2. The molecule has 1 aliphatic heterocycles. The first-order valence-corrected chi connectivity index (χ1v) is 4.88. The Morgan fingerprint density at radius 1 is 1.43 bits per heavy atom. The minimum atomic E-state index is 0.403. The lowest BCUT2D eigenvalue weighted by Crippen LogP contribution is -2.44. The van der Waals surface area contributed by atoms with Crippen LogP contribution in [0.3, 0.4) is 0 Å². The molecule has 1 aromatic rings. The number of nitrogens with zero attached hydrogens (tertiary/aromatic N) is 3. The fourth-order valence-electron chi connectivity index (χ4n) is 1.56. The van der Waals surface area contributed by atoms with E-state index in [9.17, 15) is 0 Å². The highest BCUT2D eigenvalue weighted by Gasteiger charge is 2.11. The van der Waals surface area contributed by atoms with Crippen LogP contribution in [0.5, 0.6) is 0 Å². The summed E-state index contributed by atoms with van der Waals surface area (Å²) < 4.78 is 0. The molecule has 0 spiro atoms. The lowest BCUT2D eigenvalue weighted by Gasteiger charge is -2.28. The molecule has 5 nitrogen and oxygen atoms in total. The van der Waals surface area contributed by atoms with Crippen molar-refractivity contribution in [3.05, 3.63) is 18.1 Å². The van der Waals surface area contributed by atoms with Gasteiger partial charge in [0.2, 0.25) is 0 Å². The van der Waals surface area contributed by atoms with Crippen LogP contribution in [0.2, 0.25) is 0 Å². The molecule has 76 valence electrons. The van der Waals surface area contributed by atoms with E-state index in [0.717, 1.165) is 32.0 Å². The van der Waals surface area contributed by atoms with E-state index in [1.165, 1.54) is 0 Å². The summed E-state index contributed by atoms with van der Waals surface area (Å²) in [6.45, 7) is 4.44. The molecule has 1 aliphatic rings. The largest absolute Gasteiger partial charge is 0.354 e. The van der Waals surface area contributed by atoms with Crippen LogP contribution in [0.1, 0.15) is 5.82 Å². The number of piperazine rings is 1. The molecule has 1 aromatic heterocycles. The minimum absolute atomic E-state index is 0.403. The smallest absolute Gasteiger partial charge is 0.144 e. The van der Waals surface area contributed by atoms with E-state index < -0.39 is 0 Å². The Morgan fingerprint density at radius 2 is 2.21 bits per heavy atom. The first-order valence-electron chi connectivity index (χ1n) is 4.88. The van der Waals surface area contributed by atoms with Gasteiger partial charge < -0.3 is 16.0 Å². The maximum absolute atomic E-state index is 5.49. The maximum Gasteiger partial charge on any atom is 0.144 e. The fourth-order valence-corrected chi connectivity index (χ4v) is 1.56. The lowest BCUT2D eigenvalue weighted by molar-refractivity contribution is 0.583. The molecule has 0 amide bonds. The number of hydrogen-bond donors (Lipinski definition) is 2. The van der Waals surface area contributed by atoms with Crippen LogP contribution in [0, 0.1) is 0 Å². The van der Waals surface area contributed by atoms with Crippen molar-refractivity contribution in [2.75, 3.05) is 31.1 Å². The van der Waals surface area contributed by atoms with Crippen molar-refractivity contribution in [1.29, 1.82) is 0 Å². The van der Waals surface area contributed by atoms with Crippen molar-refractivity contribution in [1.82, 2.24) is 15.3 Å². The first-order chi connectivity index (χ1) is 6.90. The Kier molecular flexibility index (Phi) is 2.90. The van der Waals surface area contributed by atoms with Gasteiger partial charge in [-0.25, -0.2) is 9.97 Å². The molecule has 2 rings (SSSR count). The Labute approximate surface area is 83.3 Å². The van der Waals surface area contributed by atoms with Crippen LogP contribution < -0.4 is 16.0 Å². The van der Waals surface area contributed by atoms with Crippen LogP contribution in [0.25, 0.3) is 0 Å². The molecule has 14 heavy (non-hydrogen) atoms. The number of nitrogens with two attached hydrogens (primary N) is 1. The molecule has 0 unspecified atom stereocenters. The number of hydrogen-bond acceptors (Lipinski definition) is 5. The van der Waals surface area contributed by atoms with Gasteiger partial charge in [-0.15, -0.1) is 0 Å². The van der Waals surface area contributed by atoms with Crippen molar-refractivity contribution in [3.8, 4) is 0 Å². The van der Waals surface area contributed by atoms with E-state index in [2.05, 4.69) is 20.2 Å². The molecule has 5 heteroatoms. The molecule has 0 bridgehead atoms. The zero-order valence-corrected chi connectivity index (χ0v) is 8.11. The topological polar surface area (TPSA) is 67.1 Å². The summed E-state index contributed by atoms with van der Waals surface area (Å²) in [4.78, 5) is 10.7. The van der Waals surface area contributed by atoms with E-state index >= 15 is 0 Å². The summed E-state index contributed by atoms with van der Waals surface area (Å²) in [5.41, 5.74) is 5.49. The minimum Gasteiger partial charge on any atom is -0.354 e. The summed E-state index contributed by atoms with van der Waals surface area (Å²) in [6, 6.07) is 1.94. The third-order valence-corrected chi connectivity index (χ3v) is 2.31. The first kappa shape index (κ1) is 9.36. The Morgan fingerprint density at radius 3 is 2.93 bits per heavy atom. The molecule has 0 radical (unpaired) electrons. The Balaban J connectivity index is 2.13. The second-order valence-corrected chi connectivity index (χ2v) is 3.27. The molecule has 1 saturated heterocycles. The third-order valence-electron chi connectivity index (χ3n) is 2.31. The van der Waals surface area contributed by atoms with Gasteiger partial charge in [-0.05, 0) is 6.07 Å². The van der Waals surface area contributed by atoms with E-state index in [0.29, 0.717) is 12.4 Å².